The van der Waals surface area contributed by atoms with Crippen molar-refractivity contribution in [2.24, 2.45) is 0 Å². The van der Waals surface area contributed by atoms with Gasteiger partial charge in [-0.1, -0.05) is 32.1 Å². The van der Waals surface area contributed by atoms with Crippen LogP contribution in [0.4, 0.5) is 4.39 Å². The molecule has 1 N–H and O–H groups in total. The molecular formula is C26H31FO6. The predicted molar refractivity (Wildman–Crippen MR) is 124 cm³/mol. The lowest BCUT2D eigenvalue weighted by Gasteiger charge is -2.25. The number of rotatable bonds is 9. The van der Waals surface area contributed by atoms with Crippen LogP contribution in [-0.2, 0) is 14.3 Å². The summed E-state index contributed by atoms with van der Waals surface area (Å²) in [4.78, 5) is 11.8. The Morgan fingerprint density at radius 2 is 1.94 bits per heavy atom. The normalized spacial score (nSPS) is 18.6. The Morgan fingerprint density at radius 1 is 1.21 bits per heavy atom. The standard InChI is InChI=1S/C26H31FO6/c1-16(2)22-15-23(32-12-11-30-3)26(31-4)25(17-5-7-18(27)8-6-17)21(22)10-9-20-13-19(28)14-24(29)33-20/h5-10,15-16,19-20,28H,11-14H2,1-4H3/b10-9+/t19-,20-/m1/s1. The molecule has 1 aliphatic heterocycles. The predicted octanol–water partition coefficient (Wildman–Crippen LogP) is 4.73. The summed E-state index contributed by atoms with van der Waals surface area (Å²) in [5.74, 6) is 0.441. The number of cyclic esters (lactones) is 1. The van der Waals surface area contributed by atoms with Gasteiger partial charge in [-0.15, -0.1) is 0 Å². The van der Waals surface area contributed by atoms with Gasteiger partial charge in [-0.3, -0.25) is 4.79 Å². The zero-order valence-corrected chi connectivity index (χ0v) is 19.5. The number of benzene rings is 2. The molecule has 1 saturated heterocycles. The highest BCUT2D eigenvalue weighted by Crippen LogP contribution is 2.45. The second-order valence-electron chi connectivity index (χ2n) is 8.27. The largest absolute Gasteiger partial charge is 0.492 e. The highest BCUT2D eigenvalue weighted by molar-refractivity contribution is 5.85. The van der Waals surface area contributed by atoms with Crippen molar-refractivity contribution in [3.8, 4) is 22.6 Å². The van der Waals surface area contributed by atoms with Crippen LogP contribution in [-0.4, -0.2) is 50.7 Å². The molecule has 2 aromatic carbocycles. The van der Waals surface area contributed by atoms with Crippen LogP contribution in [0, 0.1) is 5.82 Å². The minimum Gasteiger partial charge on any atom is -0.492 e. The first-order chi connectivity index (χ1) is 15.8. The number of methoxy groups -OCH3 is 2. The number of carbonyl (C=O) groups is 1. The number of hydrogen-bond donors (Lipinski definition) is 1. The van der Waals surface area contributed by atoms with E-state index in [1.54, 1.807) is 32.4 Å². The van der Waals surface area contributed by atoms with Gasteiger partial charge < -0.3 is 24.1 Å². The maximum atomic E-state index is 13.7. The summed E-state index contributed by atoms with van der Waals surface area (Å²) >= 11 is 0. The fourth-order valence-corrected chi connectivity index (χ4v) is 3.91. The molecule has 2 atom stereocenters. The molecule has 0 spiro atoms. The quantitative estimate of drug-likeness (QED) is 0.433. The third kappa shape index (κ3) is 6.12. The van der Waals surface area contributed by atoms with E-state index in [1.165, 1.54) is 12.1 Å². The molecule has 1 aliphatic rings. The van der Waals surface area contributed by atoms with Crippen LogP contribution in [0.3, 0.4) is 0 Å². The van der Waals surface area contributed by atoms with Gasteiger partial charge in [-0.2, -0.15) is 0 Å². The van der Waals surface area contributed by atoms with Crippen molar-refractivity contribution in [3.63, 3.8) is 0 Å². The Hall–Kier alpha value is -2.90. The van der Waals surface area contributed by atoms with Crippen LogP contribution in [0.15, 0.2) is 36.4 Å². The van der Waals surface area contributed by atoms with Gasteiger partial charge in [-0.05, 0) is 46.9 Å². The lowest BCUT2D eigenvalue weighted by Crippen LogP contribution is -2.31. The zero-order valence-electron chi connectivity index (χ0n) is 19.5. The summed E-state index contributed by atoms with van der Waals surface area (Å²) in [5.41, 5.74) is 3.34. The Labute approximate surface area is 193 Å². The van der Waals surface area contributed by atoms with Crippen molar-refractivity contribution < 1.29 is 33.2 Å². The third-order valence-corrected chi connectivity index (χ3v) is 5.49. The summed E-state index contributed by atoms with van der Waals surface area (Å²) in [6.07, 6.45) is 2.73. The summed E-state index contributed by atoms with van der Waals surface area (Å²) < 4.78 is 35.9. The molecule has 2 aromatic rings. The van der Waals surface area contributed by atoms with E-state index >= 15 is 0 Å². The Bertz CT molecular complexity index is 983. The van der Waals surface area contributed by atoms with Crippen LogP contribution >= 0.6 is 0 Å². The monoisotopic (exact) mass is 458 g/mol. The molecule has 0 radical (unpaired) electrons. The van der Waals surface area contributed by atoms with Crippen molar-refractivity contribution in [1.29, 1.82) is 0 Å². The first-order valence-electron chi connectivity index (χ1n) is 11.0. The summed E-state index contributed by atoms with van der Waals surface area (Å²) in [6.45, 7) is 4.90. The topological polar surface area (TPSA) is 74.2 Å². The van der Waals surface area contributed by atoms with E-state index in [2.05, 4.69) is 13.8 Å². The fraction of sp³-hybridized carbons (Fsp3) is 0.423. The molecule has 0 aliphatic carbocycles. The Balaban J connectivity index is 2.16. The van der Waals surface area contributed by atoms with Crippen molar-refractivity contribution >= 4 is 12.0 Å². The van der Waals surface area contributed by atoms with E-state index in [0.717, 1.165) is 22.3 Å². The van der Waals surface area contributed by atoms with Crippen molar-refractivity contribution in [1.82, 2.24) is 0 Å². The Morgan fingerprint density at radius 3 is 2.55 bits per heavy atom. The van der Waals surface area contributed by atoms with Crippen molar-refractivity contribution in [2.45, 2.75) is 44.8 Å². The third-order valence-electron chi connectivity index (χ3n) is 5.49. The van der Waals surface area contributed by atoms with E-state index in [0.29, 0.717) is 31.1 Å². The number of esters is 1. The van der Waals surface area contributed by atoms with Crippen LogP contribution in [0.1, 0.15) is 43.7 Å². The number of aliphatic hydroxyl groups is 1. The Kier molecular flexibility index (Phi) is 8.47. The van der Waals surface area contributed by atoms with Crippen LogP contribution in [0.25, 0.3) is 17.2 Å². The molecule has 7 heteroatoms. The highest BCUT2D eigenvalue weighted by atomic mass is 19.1. The first-order valence-corrected chi connectivity index (χ1v) is 11.0. The van der Waals surface area contributed by atoms with Gasteiger partial charge in [0.25, 0.3) is 0 Å². The number of halogens is 1. The number of carbonyl (C=O) groups excluding carboxylic acids is 1. The lowest BCUT2D eigenvalue weighted by atomic mass is 9.88. The average Bonchev–Trinajstić information content (AvgIpc) is 2.77. The van der Waals surface area contributed by atoms with Crippen LogP contribution in [0.2, 0.25) is 0 Å². The van der Waals surface area contributed by atoms with E-state index in [-0.39, 0.29) is 18.2 Å². The van der Waals surface area contributed by atoms with Gasteiger partial charge in [0.15, 0.2) is 11.5 Å². The smallest absolute Gasteiger partial charge is 0.309 e. The molecule has 3 rings (SSSR count). The molecule has 0 unspecified atom stereocenters. The maximum absolute atomic E-state index is 13.7. The molecule has 1 fully saturated rings. The first kappa shape index (κ1) is 24.7. The molecular weight excluding hydrogens is 427 g/mol. The van der Waals surface area contributed by atoms with Gasteiger partial charge in [0.05, 0.1) is 26.2 Å². The van der Waals surface area contributed by atoms with Gasteiger partial charge in [0, 0.05) is 19.1 Å². The summed E-state index contributed by atoms with van der Waals surface area (Å²) in [6, 6.07) is 8.12. The highest BCUT2D eigenvalue weighted by Gasteiger charge is 2.26. The summed E-state index contributed by atoms with van der Waals surface area (Å²) in [7, 11) is 3.17. The number of aliphatic hydroxyl groups excluding tert-OH is 1. The summed E-state index contributed by atoms with van der Waals surface area (Å²) in [5, 5.41) is 9.95. The second kappa shape index (κ2) is 11.3. The zero-order chi connectivity index (χ0) is 24.0. The molecule has 0 aromatic heterocycles. The molecule has 0 bridgehead atoms. The number of hydrogen-bond acceptors (Lipinski definition) is 6. The van der Waals surface area contributed by atoms with Crippen molar-refractivity contribution in [3.05, 3.63) is 53.4 Å². The minimum atomic E-state index is -0.729. The van der Waals surface area contributed by atoms with Gasteiger partial charge in [-0.25, -0.2) is 4.39 Å². The van der Waals surface area contributed by atoms with E-state index in [4.69, 9.17) is 18.9 Å². The second-order valence-corrected chi connectivity index (χ2v) is 8.27. The molecule has 6 nitrogen and oxygen atoms in total. The SMILES string of the molecule is COCCOc1cc(C(C)C)c(/C=C/[C@@H]2C[C@@H](O)CC(=O)O2)c(-c2ccc(F)cc2)c1OC. The molecule has 178 valence electrons. The van der Waals surface area contributed by atoms with Gasteiger partial charge in [0.2, 0.25) is 0 Å². The minimum absolute atomic E-state index is 0.00372. The van der Waals surface area contributed by atoms with Gasteiger partial charge >= 0.3 is 5.97 Å². The average molecular weight is 459 g/mol. The molecule has 0 amide bonds. The van der Waals surface area contributed by atoms with E-state index < -0.39 is 18.2 Å². The molecule has 0 saturated carbocycles. The molecule has 1 heterocycles. The molecule has 33 heavy (non-hydrogen) atoms. The van der Waals surface area contributed by atoms with Gasteiger partial charge in [0.1, 0.15) is 18.5 Å². The van der Waals surface area contributed by atoms with E-state index in [9.17, 15) is 14.3 Å². The maximum Gasteiger partial charge on any atom is 0.309 e. The van der Waals surface area contributed by atoms with Crippen LogP contribution in [0.5, 0.6) is 11.5 Å². The van der Waals surface area contributed by atoms with Crippen LogP contribution < -0.4 is 9.47 Å². The number of ether oxygens (including phenoxy) is 4. The van der Waals surface area contributed by atoms with E-state index in [1.807, 2.05) is 12.1 Å². The van der Waals surface area contributed by atoms with Crippen molar-refractivity contribution in [2.75, 3.05) is 27.4 Å². The fourth-order valence-electron chi connectivity index (χ4n) is 3.91. The lowest BCUT2D eigenvalue weighted by molar-refractivity contribution is -0.156.